The summed E-state index contributed by atoms with van der Waals surface area (Å²) < 4.78 is 0. The van der Waals surface area contributed by atoms with Crippen molar-refractivity contribution in [1.82, 2.24) is 10.9 Å². The zero-order chi connectivity index (χ0) is 15.7. The van der Waals surface area contributed by atoms with Gasteiger partial charge in [0.15, 0.2) is 0 Å². The minimum Gasteiger partial charge on any atom is -0.273 e. The lowest BCUT2D eigenvalue weighted by atomic mass is 9.86. The largest absolute Gasteiger partial charge is 0.273 e. The van der Waals surface area contributed by atoms with Gasteiger partial charge in [-0.1, -0.05) is 24.1 Å². The first-order valence-electron chi connectivity index (χ1n) is 8.19. The van der Waals surface area contributed by atoms with Crippen molar-refractivity contribution in [3.8, 4) is 0 Å². The first-order chi connectivity index (χ1) is 10.5. The van der Waals surface area contributed by atoms with Crippen molar-refractivity contribution < 1.29 is 9.59 Å². The lowest BCUT2D eigenvalue weighted by Gasteiger charge is -2.21. The van der Waals surface area contributed by atoms with E-state index in [9.17, 15) is 9.59 Å². The zero-order valence-corrected chi connectivity index (χ0v) is 13.3. The Morgan fingerprint density at radius 3 is 2.59 bits per heavy atom. The second-order valence-corrected chi connectivity index (χ2v) is 6.96. The van der Waals surface area contributed by atoms with Crippen LogP contribution in [0.5, 0.6) is 0 Å². The summed E-state index contributed by atoms with van der Waals surface area (Å²) in [6.07, 6.45) is 5.63. The maximum absolute atomic E-state index is 12.1. The van der Waals surface area contributed by atoms with E-state index in [1.54, 1.807) is 6.07 Å². The van der Waals surface area contributed by atoms with Crippen LogP contribution in [0.25, 0.3) is 0 Å². The molecule has 2 bridgehead atoms. The summed E-state index contributed by atoms with van der Waals surface area (Å²) in [6.45, 7) is 3.89. The number of hydrogen-bond acceptors (Lipinski definition) is 2. The predicted molar refractivity (Wildman–Crippen MR) is 85.1 cm³/mol. The molecule has 118 valence electrons. The molecule has 3 rings (SSSR count). The molecule has 0 radical (unpaired) electrons. The fourth-order valence-corrected chi connectivity index (χ4v) is 4.18. The maximum Gasteiger partial charge on any atom is 0.269 e. The van der Waals surface area contributed by atoms with E-state index in [0.29, 0.717) is 17.9 Å². The molecule has 2 amide bonds. The van der Waals surface area contributed by atoms with Crippen molar-refractivity contribution in [1.29, 1.82) is 0 Å². The Balaban J connectivity index is 1.49. The number of benzene rings is 1. The van der Waals surface area contributed by atoms with Crippen molar-refractivity contribution in [3.05, 3.63) is 34.9 Å². The molecular weight excluding hydrogens is 276 g/mol. The van der Waals surface area contributed by atoms with Crippen LogP contribution in [0.2, 0.25) is 0 Å². The van der Waals surface area contributed by atoms with Crippen molar-refractivity contribution in [2.45, 2.75) is 46.0 Å². The van der Waals surface area contributed by atoms with Gasteiger partial charge < -0.3 is 0 Å². The number of carbonyl (C=O) groups is 2. The third-order valence-electron chi connectivity index (χ3n) is 5.27. The molecule has 22 heavy (non-hydrogen) atoms. The molecule has 2 fully saturated rings. The Bertz CT molecular complexity index is 597. The summed E-state index contributed by atoms with van der Waals surface area (Å²) in [5.74, 6) is 1.75. The molecule has 3 atom stereocenters. The van der Waals surface area contributed by atoms with Gasteiger partial charge in [-0.3, -0.25) is 20.4 Å². The monoisotopic (exact) mass is 300 g/mol. The van der Waals surface area contributed by atoms with Crippen LogP contribution < -0.4 is 10.9 Å². The van der Waals surface area contributed by atoms with Crippen molar-refractivity contribution >= 4 is 11.8 Å². The zero-order valence-electron chi connectivity index (χ0n) is 13.3. The summed E-state index contributed by atoms with van der Waals surface area (Å²) >= 11 is 0. The van der Waals surface area contributed by atoms with E-state index in [1.165, 1.54) is 25.7 Å². The number of hydrogen-bond donors (Lipinski definition) is 2. The summed E-state index contributed by atoms with van der Waals surface area (Å²) in [6, 6.07) is 5.66. The average Bonchev–Trinajstić information content (AvgIpc) is 3.07. The third-order valence-corrected chi connectivity index (χ3v) is 5.27. The van der Waals surface area contributed by atoms with Crippen LogP contribution in [0.1, 0.15) is 53.6 Å². The second kappa shape index (κ2) is 6.11. The van der Waals surface area contributed by atoms with E-state index in [-0.39, 0.29) is 11.8 Å². The number of hydrazine groups is 1. The number of carbonyl (C=O) groups excluding carboxylic acids is 2. The highest BCUT2D eigenvalue weighted by Crippen LogP contribution is 2.49. The van der Waals surface area contributed by atoms with E-state index in [4.69, 9.17) is 0 Å². The molecule has 2 N–H and O–H groups in total. The van der Waals surface area contributed by atoms with Crippen LogP contribution in [-0.2, 0) is 4.79 Å². The van der Waals surface area contributed by atoms with Crippen LogP contribution in [0, 0.1) is 31.6 Å². The van der Waals surface area contributed by atoms with Crippen LogP contribution in [0.3, 0.4) is 0 Å². The third kappa shape index (κ3) is 3.16. The molecule has 2 aliphatic rings. The summed E-state index contributed by atoms with van der Waals surface area (Å²) in [5, 5.41) is 0. The molecule has 4 heteroatoms. The first-order valence-corrected chi connectivity index (χ1v) is 8.19. The first kappa shape index (κ1) is 15.1. The Hall–Kier alpha value is -1.84. The van der Waals surface area contributed by atoms with E-state index in [1.807, 2.05) is 26.0 Å². The molecule has 2 aliphatic carbocycles. The van der Waals surface area contributed by atoms with E-state index in [2.05, 4.69) is 10.9 Å². The molecule has 1 aromatic carbocycles. The van der Waals surface area contributed by atoms with Crippen LogP contribution in [0.15, 0.2) is 18.2 Å². The van der Waals surface area contributed by atoms with Crippen molar-refractivity contribution in [3.63, 3.8) is 0 Å². The highest BCUT2D eigenvalue weighted by atomic mass is 16.2. The normalized spacial score (nSPS) is 26.0. The number of amides is 2. The molecule has 0 spiro atoms. The summed E-state index contributed by atoms with van der Waals surface area (Å²) in [4.78, 5) is 24.1. The Morgan fingerprint density at radius 2 is 1.95 bits per heavy atom. The molecule has 2 saturated carbocycles. The van der Waals surface area contributed by atoms with Crippen LogP contribution in [0.4, 0.5) is 0 Å². The fraction of sp³-hybridized carbons (Fsp3) is 0.556. The smallest absolute Gasteiger partial charge is 0.269 e. The Labute approximate surface area is 131 Å². The Morgan fingerprint density at radius 1 is 1.14 bits per heavy atom. The van der Waals surface area contributed by atoms with E-state index in [0.717, 1.165) is 23.0 Å². The van der Waals surface area contributed by atoms with Crippen LogP contribution in [-0.4, -0.2) is 11.8 Å². The van der Waals surface area contributed by atoms with Crippen molar-refractivity contribution in [2.24, 2.45) is 17.8 Å². The molecular formula is C18H24N2O2. The maximum atomic E-state index is 12.1. The molecule has 0 aromatic heterocycles. The van der Waals surface area contributed by atoms with Gasteiger partial charge in [0.2, 0.25) is 5.91 Å². The SMILES string of the molecule is Cc1ccc(C(=O)NNC(=O)C[C@H]2C[C@H]3CC[C@@H]2C3)c(C)c1. The van der Waals surface area contributed by atoms with Gasteiger partial charge in [-0.25, -0.2) is 0 Å². The van der Waals surface area contributed by atoms with Crippen LogP contribution >= 0.6 is 0 Å². The summed E-state index contributed by atoms with van der Waals surface area (Å²) in [7, 11) is 0. The average molecular weight is 300 g/mol. The second-order valence-electron chi connectivity index (χ2n) is 6.96. The number of aryl methyl sites for hydroxylation is 2. The highest BCUT2D eigenvalue weighted by molar-refractivity contribution is 5.96. The molecule has 0 heterocycles. The highest BCUT2D eigenvalue weighted by Gasteiger charge is 2.40. The number of nitrogens with one attached hydrogen (secondary N) is 2. The molecule has 0 aliphatic heterocycles. The van der Waals surface area contributed by atoms with E-state index < -0.39 is 0 Å². The van der Waals surface area contributed by atoms with Gasteiger partial charge in [0.05, 0.1) is 0 Å². The molecule has 1 aromatic rings. The minimum atomic E-state index is -0.251. The van der Waals surface area contributed by atoms with Crippen molar-refractivity contribution in [2.75, 3.05) is 0 Å². The van der Waals surface area contributed by atoms with Gasteiger partial charge in [-0.05, 0) is 62.5 Å². The van der Waals surface area contributed by atoms with Gasteiger partial charge in [0.25, 0.3) is 5.91 Å². The topological polar surface area (TPSA) is 58.2 Å². The lowest BCUT2D eigenvalue weighted by Crippen LogP contribution is -2.42. The fourth-order valence-electron chi connectivity index (χ4n) is 4.18. The minimum absolute atomic E-state index is 0.0735. The van der Waals surface area contributed by atoms with Gasteiger partial charge in [0.1, 0.15) is 0 Å². The quantitative estimate of drug-likeness (QED) is 0.843. The number of rotatable bonds is 3. The lowest BCUT2D eigenvalue weighted by molar-refractivity contribution is -0.123. The summed E-state index contributed by atoms with van der Waals surface area (Å²) in [5.41, 5.74) is 7.75. The molecule has 4 nitrogen and oxygen atoms in total. The predicted octanol–water partition coefficient (Wildman–Crippen LogP) is 2.89. The van der Waals surface area contributed by atoms with Gasteiger partial charge in [0, 0.05) is 12.0 Å². The molecule has 0 saturated heterocycles. The van der Waals surface area contributed by atoms with Gasteiger partial charge >= 0.3 is 0 Å². The number of fused-ring (bicyclic) bond motifs is 2. The Kier molecular flexibility index (Phi) is 4.19. The van der Waals surface area contributed by atoms with E-state index >= 15 is 0 Å². The standard InChI is InChI=1S/C18H24N2O2/c1-11-3-6-16(12(2)7-11)18(22)20-19-17(21)10-15-9-13-4-5-14(15)8-13/h3,6-7,13-15H,4-5,8-10H2,1-2H3,(H,19,21)(H,20,22)/t13-,14+,15+/m0/s1. The molecule has 0 unspecified atom stereocenters. The van der Waals surface area contributed by atoms with Gasteiger partial charge in [-0.2, -0.15) is 0 Å². The van der Waals surface area contributed by atoms with Gasteiger partial charge in [-0.15, -0.1) is 0 Å².